The normalized spacial score (nSPS) is 12.4. The number of nitrogens with one attached hydrogen (secondary N) is 2. The molecule has 2 aromatic rings. The molecule has 0 saturated heterocycles. The molecule has 10 nitrogen and oxygen atoms in total. The molecule has 0 aliphatic heterocycles. The summed E-state index contributed by atoms with van der Waals surface area (Å²) in [7, 11) is 0. The van der Waals surface area contributed by atoms with E-state index in [0.29, 0.717) is 65.2 Å². The second-order valence-corrected chi connectivity index (χ2v) is 30.4. The molecule has 0 bridgehead atoms. The van der Waals surface area contributed by atoms with Gasteiger partial charge in [0, 0.05) is 38.8 Å². The number of rotatable bonds is 77. The number of esters is 2. The van der Waals surface area contributed by atoms with E-state index in [2.05, 4.69) is 38.3 Å². The highest BCUT2D eigenvalue weighted by Crippen LogP contribution is 2.36. The molecule has 10 heteroatoms. The topological polar surface area (TPSA) is 129 Å². The van der Waals surface area contributed by atoms with Gasteiger partial charge >= 0.3 is 11.9 Å². The van der Waals surface area contributed by atoms with Crippen LogP contribution in [0.15, 0.2) is 60.7 Å². The van der Waals surface area contributed by atoms with E-state index >= 15 is 0 Å². The summed E-state index contributed by atoms with van der Waals surface area (Å²) in [6, 6.07) is 19.4. The first-order valence-corrected chi connectivity index (χ1v) is 43.5. The predicted octanol–water partition coefficient (Wildman–Crippen LogP) is 27.7. The van der Waals surface area contributed by atoms with Crippen molar-refractivity contribution in [3.05, 3.63) is 60.7 Å². The van der Waals surface area contributed by atoms with E-state index in [4.69, 9.17) is 18.9 Å². The molecule has 0 radical (unpaired) electrons. The molecule has 4 atom stereocenters. The number of hydrogen-bond acceptors (Lipinski definition) is 8. The summed E-state index contributed by atoms with van der Waals surface area (Å²) >= 11 is 0. The molecule has 0 spiro atoms. The van der Waals surface area contributed by atoms with Gasteiger partial charge in [0.1, 0.15) is 37.9 Å². The Balaban J connectivity index is 0.0000510. The molecule has 0 fully saturated rings. The van der Waals surface area contributed by atoms with Crippen LogP contribution < -0.4 is 20.1 Å². The molecule has 2 amide bonds. The second-order valence-electron chi connectivity index (χ2n) is 30.4. The number of carbonyl (C=O) groups excluding carboxylic acids is 4. The quantitative estimate of drug-likeness (QED) is 0.0495. The second kappa shape index (κ2) is 76.6. The summed E-state index contributed by atoms with van der Waals surface area (Å²) in [4.78, 5) is 50.2. The van der Waals surface area contributed by atoms with Gasteiger partial charge in [0.05, 0.1) is 0 Å². The lowest BCUT2D eigenvalue weighted by Gasteiger charge is -2.28. The van der Waals surface area contributed by atoms with E-state index < -0.39 is 0 Å². The van der Waals surface area contributed by atoms with Crippen molar-refractivity contribution in [1.82, 2.24) is 10.6 Å². The first-order chi connectivity index (χ1) is 49.3. The summed E-state index contributed by atoms with van der Waals surface area (Å²) in [5.41, 5.74) is 0. The maximum atomic E-state index is 12.8. The Bertz CT molecular complexity index is 1930. The number of benzene rings is 2. The van der Waals surface area contributed by atoms with Gasteiger partial charge in [0.15, 0.2) is 0 Å². The molecule has 594 valence electrons. The van der Waals surface area contributed by atoms with Crippen molar-refractivity contribution in [3.63, 3.8) is 0 Å². The van der Waals surface area contributed by atoms with E-state index in [0.717, 1.165) is 86.5 Å². The van der Waals surface area contributed by atoms with E-state index in [1.165, 1.54) is 308 Å². The highest BCUT2D eigenvalue weighted by Gasteiger charge is 2.23. The minimum atomic E-state index is -0.109. The van der Waals surface area contributed by atoms with Crippen LogP contribution in [-0.2, 0) is 28.7 Å². The van der Waals surface area contributed by atoms with Gasteiger partial charge in [-0.2, -0.15) is 0 Å². The summed E-state index contributed by atoms with van der Waals surface area (Å²) in [6.45, 7) is 11.7. The molecule has 2 rings (SSSR count). The van der Waals surface area contributed by atoms with Gasteiger partial charge in [-0.15, -0.1) is 0 Å². The van der Waals surface area contributed by atoms with Gasteiger partial charge in [-0.3, -0.25) is 19.2 Å². The SMILES string of the molecule is C.C.CCCCCCCCC(CCCCCCCCC(=O)NCCNC(=O)CCCCCCCCC(CCCCCCCC)C(CCCCCCCC)CCCCCCCCC(=O)OCCOc1ccccc1)C(CCCCCCCC)CCCCCCCCC(=O)OCCOc1ccccc1. The van der Waals surface area contributed by atoms with Crippen molar-refractivity contribution in [2.24, 2.45) is 23.7 Å². The Kier molecular flexibility index (Phi) is 73.5. The molecule has 102 heavy (non-hydrogen) atoms. The third-order valence-electron chi connectivity index (χ3n) is 21.4. The van der Waals surface area contributed by atoms with E-state index in [1.807, 2.05) is 60.7 Å². The highest BCUT2D eigenvalue weighted by atomic mass is 16.6. The number of ether oxygens (including phenoxy) is 4. The van der Waals surface area contributed by atoms with Crippen molar-refractivity contribution in [3.8, 4) is 11.5 Å². The maximum absolute atomic E-state index is 12.8. The van der Waals surface area contributed by atoms with Gasteiger partial charge in [-0.1, -0.05) is 413 Å². The third kappa shape index (κ3) is 63.2. The number of carbonyl (C=O) groups is 4. The van der Waals surface area contributed by atoms with Crippen LogP contribution in [0.3, 0.4) is 0 Å². The first-order valence-electron chi connectivity index (χ1n) is 43.5. The Labute approximate surface area is 632 Å². The van der Waals surface area contributed by atoms with E-state index in [9.17, 15) is 19.2 Å². The Morgan fingerprint density at radius 1 is 0.265 bits per heavy atom. The number of para-hydroxylation sites is 2. The lowest BCUT2D eigenvalue weighted by molar-refractivity contribution is -0.145. The fraction of sp³-hybridized carbons (Fsp3) is 0.826. The van der Waals surface area contributed by atoms with Crippen molar-refractivity contribution in [2.75, 3.05) is 39.5 Å². The molecule has 2 aromatic carbocycles. The summed E-state index contributed by atoms with van der Waals surface area (Å²) < 4.78 is 22.2. The van der Waals surface area contributed by atoms with Crippen LogP contribution in [0.4, 0.5) is 0 Å². The first kappa shape index (κ1) is 97.9. The fourth-order valence-corrected chi connectivity index (χ4v) is 15.2. The van der Waals surface area contributed by atoms with Gasteiger partial charge in [-0.25, -0.2) is 0 Å². The van der Waals surface area contributed by atoms with Gasteiger partial charge in [-0.05, 0) is 73.6 Å². The maximum Gasteiger partial charge on any atom is 0.305 e. The zero-order valence-corrected chi connectivity index (χ0v) is 66.0. The number of unbranched alkanes of at least 4 members (excludes halogenated alkanes) is 40. The molecule has 0 aromatic heterocycles. The Morgan fingerprint density at radius 3 is 0.706 bits per heavy atom. The minimum Gasteiger partial charge on any atom is -0.490 e. The van der Waals surface area contributed by atoms with Crippen LogP contribution in [0.2, 0.25) is 0 Å². The molecule has 2 N–H and O–H groups in total. The van der Waals surface area contributed by atoms with Gasteiger partial charge in [0.2, 0.25) is 11.8 Å². The van der Waals surface area contributed by atoms with Gasteiger partial charge < -0.3 is 29.6 Å². The average molecular weight is 1430 g/mol. The molecule has 0 aliphatic carbocycles. The smallest absolute Gasteiger partial charge is 0.305 e. The molecular weight excluding hydrogens is 1260 g/mol. The van der Waals surface area contributed by atoms with Crippen molar-refractivity contribution in [1.29, 1.82) is 0 Å². The molecule has 0 aliphatic rings. The van der Waals surface area contributed by atoms with Crippen molar-refractivity contribution in [2.45, 2.75) is 428 Å². The van der Waals surface area contributed by atoms with Crippen LogP contribution in [-0.4, -0.2) is 63.3 Å². The van der Waals surface area contributed by atoms with Crippen molar-refractivity contribution >= 4 is 23.8 Å². The summed E-state index contributed by atoms with van der Waals surface area (Å²) in [5, 5.41) is 6.14. The molecule has 4 unspecified atom stereocenters. The third-order valence-corrected chi connectivity index (χ3v) is 21.4. The van der Waals surface area contributed by atoms with Crippen molar-refractivity contribution < 1.29 is 38.1 Å². The lowest BCUT2D eigenvalue weighted by atomic mass is 9.78. The standard InChI is InChI=1S/C90H160N2O8.2CH4/c1-5-9-13-17-29-43-59-81(83(61-45-31-19-15-11-7-3)65-49-35-23-27-39-57-73-89(95)99-79-77-97-85-67-51-41-52-68-85)63-47-33-21-25-37-55-71-87(93)91-75-76-92-88(94)72-56-38-26-22-34-48-64-82(60-44-30-18-14-10-6-2)84(62-46-32-20-16-12-8-4)66-50-36-24-28-40-58-74-90(96)100-80-78-98-86-69-53-42-54-70-86;;/h41-42,51-54,67-70,81-84H,5-40,43-50,55-66,71-80H2,1-4H3,(H,91,93)(H,92,94);2*1H4. The van der Waals surface area contributed by atoms with Crippen LogP contribution in [0.1, 0.15) is 428 Å². The zero-order valence-electron chi connectivity index (χ0n) is 66.0. The van der Waals surface area contributed by atoms with Crippen LogP contribution in [0.5, 0.6) is 11.5 Å². The minimum absolute atomic E-state index is 0. The van der Waals surface area contributed by atoms with Crippen LogP contribution in [0, 0.1) is 23.7 Å². The summed E-state index contributed by atoms with van der Waals surface area (Å²) in [6.07, 6.45) is 74.8. The Morgan fingerprint density at radius 2 is 0.471 bits per heavy atom. The molecular formula is C92H168N2O8. The number of amides is 2. The monoisotopic (exact) mass is 1430 g/mol. The zero-order chi connectivity index (χ0) is 71.8. The highest BCUT2D eigenvalue weighted by molar-refractivity contribution is 5.77. The predicted molar refractivity (Wildman–Crippen MR) is 439 cm³/mol. The number of hydrogen-bond donors (Lipinski definition) is 2. The van der Waals surface area contributed by atoms with Gasteiger partial charge in [0.25, 0.3) is 0 Å². The van der Waals surface area contributed by atoms with Crippen LogP contribution >= 0.6 is 0 Å². The van der Waals surface area contributed by atoms with Crippen LogP contribution in [0.25, 0.3) is 0 Å². The molecule has 0 heterocycles. The Hall–Kier alpha value is -4.08. The molecule has 0 saturated carbocycles. The average Bonchev–Trinajstić information content (AvgIpc) is 0.961. The fourth-order valence-electron chi connectivity index (χ4n) is 15.2. The van der Waals surface area contributed by atoms with E-state index in [-0.39, 0.29) is 38.6 Å². The largest absolute Gasteiger partial charge is 0.490 e. The summed E-state index contributed by atoms with van der Waals surface area (Å²) in [5.74, 6) is 5.02. The van der Waals surface area contributed by atoms with E-state index in [1.54, 1.807) is 0 Å². The lowest BCUT2D eigenvalue weighted by Crippen LogP contribution is -2.34.